The molecule has 0 unspecified atom stereocenters. The molecule has 1 amide bonds. The molecule has 0 atom stereocenters. The average Bonchev–Trinajstić information content (AvgIpc) is 3.29. The molecular weight excluding hydrogens is 444 g/mol. The lowest BCUT2D eigenvalue weighted by Crippen LogP contribution is -2.15. The van der Waals surface area contributed by atoms with Gasteiger partial charge in [-0.2, -0.15) is 17.2 Å². The van der Waals surface area contributed by atoms with E-state index in [2.05, 4.69) is 10.1 Å². The lowest BCUT2D eigenvalue weighted by atomic mass is 9.97. The number of alkyl halides is 2. The summed E-state index contributed by atoms with van der Waals surface area (Å²) in [5, 5.41) is 2.62. The second kappa shape index (κ2) is 8.83. The molecule has 7 nitrogen and oxygen atoms in total. The lowest BCUT2D eigenvalue weighted by Gasteiger charge is -2.18. The van der Waals surface area contributed by atoms with Crippen molar-refractivity contribution in [3.63, 3.8) is 0 Å². The molecule has 1 heterocycles. The zero-order valence-corrected chi connectivity index (χ0v) is 17.3. The van der Waals surface area contributed by atoms with Gasteiger partial charge in [-0.15, -0.1) is 0 Å². The van der Waals surface area contributed by atoms with Crippen LogP contribution in [0.2, 0.25) is 0 Å². The quantitative estimate of drug-likeness (QED) is 0.507. The van der Waals surface area contributed by atoms with Crippen molar-refractivity contribution in [3.05, 3.63) is 82.7 Å². The Bertz CT molecular complexity index is 1250. The Balaban J connectivity index is 1.45. The molecule has 166 valence electrons. The summed E-state index contributed by atoms with van der Waals surface area (Å²) in [7, 11) is -4.07. The molecule has 1 aliphatic carbocycles. The second-order valence-electron chi connectivity index (χ2n) is 6.84. The van der Waals surface area contributed by atoms with Crippen molar-refractivity contribution in [1.29, 1.82) is 0 Å². The van der Waals surface area contributed by atoms with Crippen LogP contribution in [0, 0.1) is 0 Å². The summed E-state index contributed by atoms with van der Waals surface area (Å²) in [4.78, 5) is 12.1. The molecule has 0 spiro atoms. The predicted octanol–water partition coefficient (Wildman–Crippen LogP) is 4.83. The third-order valence-electron chi connectivity index (χ3n) is 4.68. The van der Waals surface area contributed by atoms with E-state index in [1.54, 1.807) is 6.07 Å². The molecule has 0 saturated heterocycles. The van der Waals surface area contributed by atoms with Gasteiger partial charge in [-0.3, -0.25) is 4.79 Å². The number of carbonyl (C=O) groups is 1. The van der Waals surface area contributed by atoms with E-state index >= 15 is 0 Å². The summed E-state index contributed by atoms with van der Waals surface area (Å²) >= 11 is 0. The molecule has 1 aliphatic rings. The normalized spacial score (nSPS) is 13.3. The van der Waals surface area contributed by atoms with Gasteiger partial charge in [-0.1, -0.05) is 6.07 Å². The molecule has 0 radical (unpaired) electrons. The Labute approximate surface area is 182 Å². The van der Waals surface area contributed by atoms with Crippen molar-refractivity contribution in [2.24, 2.45) is 0 Å². The van der Waals surface area contributed by atoms with Crippen LogP contribution in [0.1, 0.15) is 28.1 Å². The number of nitrogens with one attached hydrogen (secondary N) is 1. The van der Waals surface area contributed by atoms with Crippen LogP contribution >= 0.6 is 0 Å². The number of anilines is 1. The summed E-state index contributed by atoms with van der Waals surface area (Å²) in [5.74, 6) is -0.197. The first-order chi connectivity index (χ1) is 15.3. The minimum atomic E-state index is -4.07. The maximum atomic E-state index is 12.7. The zero-order valence-electron chi connectivity index (χ0n) is 16.5. The van der Waals surface area contributed by atoms with Crippen LogP contribution in [-0.2, 0) is 16.5 Å². The topological polar surface area (TPSA) is 94.8 Å². The van der Waals surface area contributed by atoms with Crippen LogP contribution in [0.5, 0.6) is 11.5 Å². The van der Waals surface area contributed by atoms with Crippen molar-refractivity contribution in [3.8, 4) is 11.5 Å². The predicted molar refractivity (Wildman–Crippen MR) is 112 cm³/mol. The number of halogens is 2. The van der Waals surface area contributed by atoms with Gasteiger partial charge in [0.15, 0.2) is 5.76 Å². The molecule has 32 heavy (non-hydrogen) atoms. The van der Waals surface area contributed by atoms with E-state index in [9.17, 15) is 22.0 Å². The average molecular weight is 461 g/mol. The van der Waals surface area contributed by atoms with Gasteiger partial charge in [0, 0.05) is 5.69 Å². The number of ether oxygens (including phenoxy) is 1. The highest BCUT2D eigenvalue weighted by Crippen LogP contribution is 2.31. The van der Waals surface area contributed by atoms with Crippen molar-refractivity contribution in [1.82, 2.24) is 0 Å². The third kappa shape index (κ3) is 4.97. The number of hydrogen-bond donors (Lipinski definition) is 1. The monoisotopic (exact) mass is 461 g/mol. The Hall–Kier alpha value is -3.66. The van der Waals surface area contributed by atoms with Crippen molar-refractivity contribution in [2.75, 3.05) is 5.32 Å². The SMILES string of the molecule is O=C(Nc1ccc(OS(=O)(=O)C2=Cc3ccc(OC(F)F)cc3CC2)cc1)c1ccco1. The fraction of sp³-hybridized carbons (Fsp3) is 0.136. The van der Waals surface area contributed by atoms with E-state index in [0.717, 1.165) is 0 Å². The van der Waals surface area contributed by atoms with Crippen LogP contribution in [0.4, 0.5) is 14.5 Å². The molecule has 1 N–H and O–H groups in total. The van der Waals surface area contributed by atoms with Gasteiger partial charge in [0.1, 0.15) is 11.5 Å². The maximum Gasteiger partial charge on any atom is 0.387 e. The minimum Gasteiger partial charge on any atom is -0.459 e. The van der Waals surface area contributed by atoms with Crippen LogP contribution in [-0.4, -0.2) is 20.9 Å². The molecule has 0 bridgehead atoms. The second-order valence-corrected chi connectivity index (χ2v) is 8.44. The number of fused-ring (bicyclic) bond motifs is 1. The first kappa shape index (κ1) is 21.6. The van der Waals surface area contributed by atoms with Gasteiger partial charge in [0.2, 0.25) is 0 Å². The molecule has 4 rings (SSSR count). The van der Waals surface area contributed by atoms with Crippen LogP contribution in [0.3, 0.4) is 0 Å². The van der Waals surface area contributed by atoms with E-state index in [-0.39, 0.29) is 28.6 Å². The first-order valence-electron chi connectivity index (χ1n) is 9.48. The lowest BCUT2D eigenvalue weighted by molar-refractivity contribution is -0.0498. The van der Waals surface area contributed by atoms with Crippen molar-refractivity contribution in [2.45, 2.75) is 19.5 Å². The molecule has 0 fully saturated rings. The summed E-state index contributed by atoms with van der Waals surface area (Å²) in [6, 6.07) is 13.3. The fourth-order valence-corrected chi connectivity index (χ4v) is 4.29. The first-order valence-corrected chi connectivity index (χ1v) is 10.9. The molecule has 1 aromatic heterocycles. The Morgan fingerprint density at radius 3 is 2.47 bits per heavy atom. The summed E-state index contributed by atoms with van der Waals surface area (Å²) < 4.78 is 64.8. The van der Waals surface area contributed by atoms with Crippen LogP contribution in [0.25, 0.3) is 6.08 Å². The van der Waals surface area contributed by atoms with Gasteiger partial charge in [-0.25, -0.2) is 0 Å². The van der Waals surface area contributed by atoms with Gasteiger partial charge in [0.05, 0.1) is 11.2 Å². The number of hydrogen-bond acceptors (Lipinski definition) is 6. The number of furan rings is 1. The minimum absolute atomic E-state index is 0.0222. The summed E-state index contributed by atoms with van der Waals surface area (Å²) in [5.41, 5.74) is 1.73. The highest BCUT2D eigenvalue weighted by Gasteiger charge is 2.24. The Morgan fingerprint density at radius 2 is 1.78 bits per heavy atom. The molecule has 10 heteroatoms. The van der Waals surface area contributed by atoms with Crippen molar-refractivity contribution < 1.29 is 35.3 Å². The number of aryl methyl sites for hydroxylation is 1. The standard InChI is InChI=1S/C22H17F2NO6S/c23-22(24)30-18-7-3-15-13-19(10-4-14(15)12-18)32(27,28)31-17-8-5-16(6-9-17)25-21(26)20-2-1-11-29-20/h1-3,5-9,11-13,22H,4,10H2,(H,25,26). The van der Waals surface area contributed by atoms with Gasteiger partial charge in [-0.05, 0) is 78.6 Å². The maximum absolute atomic E-state index is 12.7. The third-order valence-corrected chi connectivity index (χ3v) is 6.06. The highest BCUT2D eigenvalue weighted by atomic mass is 32.2. The van der Waals surface area contributed by atoms with E-state index in [0.29, 0.717) is 23.2 Å². The van der Waals surface area contributed by atoms with Gasteiger partial charge in [0.25, 0.3) is 5.91 Å². The van der Waals surface area contributed by atoms with E-state index in [1.165, 1.54) is 60.9 Å². The molecule has 2 aromatic carbocycles. The van der Waals surface area contributed by atoms with Crippen LogP contribution in [0.15, 0.2) is 70.2 Å². The Morgan fingerprint density at radius 1 is 1.03 bits per heavy atom. The Kier molecular flexibility index (Phi) is 5.95. The number of carbonyl (C=O) groups excluding carboxylic acids is 1. The van der Waals surface area contributed by atoms with Crippen LogP contribution < -0.4 is 14.2 Å². The van der Waals surface area contributed by atoms with E-state index in [4.69, 9.17) is 8.60 Å². The summed E-state index contributed by atoms with van der Waals surface area (Å²) in [6.07, 6.45) is 3.33. The smallest absolute Gasteiger partial charge is 0.387 e. The number of allylic oxidation sites excluding steroid dienone is 1. The highest BCUT2D eigenvalue weighted by molar-refractivity contribution is 7.91. The van der Waals surface area contributed by atoms with Gasteiger partial charge < -0.3 is 18.7 Å². The fourth-order valence-electron chi connectivity index (χ4n) is 3.19. The largest absolute Gasteiger partial charge is 0.459 e. The number of benzene rings is 2. The molecule has 0 saturated carbocycles. The van der Waals surface area contributed by atoms with E-state index in [1.807, 2.05) is 0 Å². The summed E-state index contributed by atoms with van der Waals surface area (Å²) in [6.45, 7) is -2.93. The molecule has 3 aromatic rings. The molecular formula is C22H17F2NO6S. The molecule has 0 aliphatic heterocycles. The van der Waals surface area contributed by atoms with Gasteiger partial charge >= 0.3 is 16.7 Å². The van der Waals surface area contributed by atoms with Crippen molar-refractivity contribution >= 4 is 27.8 Å². The number of rotatable bonds is 7. The zero-order chi connectivity index (χ0) is 22.7. The van der Waals surface area contributed by atoms with E-state index < -0.39 is 22.6 Å². The number of amides is 1.